The number of carbonyl (C=O) groups is 1. The van der Waals surface area contributed by atoms with Crippen LogP contribution in [0.3, 0.4) is 0 Å². The number of nitrogens with zero attached hydrogens (tertiary/aromatic N) is 4. The Bertz CT molecular complexity index is 939. The van der Waals surface area contributed by atoms with Gasteiger partial charge in [0, 0.05) is 41.2 Å². The van der Waals surface area contributed by atoms with Crippen molar-refractivity contribution in [1.29, 1.82) is 0 Å². The molecule has 7 nitrogen and oxygen atoms in total. The molecular formula is C19H21ClN6OS. The number of rotatable bonds is 6. The van der Waals surface area contributed by atoms with Crippen molar-refractivity contribution in [2.45, 2.75) is 17.7 Å². The van der Waals surface area contributed by atoms with Gasteiger partial charge < -0.3 is 15.2 Å². The molecule has 2 N–H and O–H groups in total. The zero-order chi connectivity index (χ0) is 19.3. The first kappa shape index (κ1) is 19.0. The van der Waals surface area contributed by atoms with Gasteiger partial charge in [0.05, 0.1) is 6.33 Å². The number of amides is 1. The Morgan fingerprint density at radius 3 is 2.79 bits per heavy atom. The number of thioether (sulfide) groups is 1. The molecule has 0 saturated carbocycles. The number of hydrogen-bond donors (Lipinski definition) is 2. The average Bonchev–Trinajstić information content (AvgIpc) is 3.21. The first-order valence-corrected chi connectivity index (χ1v) is 10.6. The standard InChI is InChI=1S/C19H21ClN6OS/c20-14-1-3-15(4-2-14)28-10-7-21-19(27)13-5-8-26(9-6-13)18-16-17(23-11-22-16)24-12-25-18/h1-4,11-13H,5-10H2,(H,21,27)(H,22,23,24,25). The Morgan fingerprint density at radius 1 is 1.21 bits per heavy atom. The smallest absolute Gasteiger partial charge is 0.223 e. The van der Waals surface area contributed by atoms with Crippen LogP contribution in [0.5, 0.6) is 0 Å². The monoisotopic (exact) mass is 416 g/mol. The normalized spacial score (nSPS) is 15.1. The van der Waals surface area contributed by atoms with Crippen LogP contribution in [0.2, 0.25) is 5.02 Å². The van der Waals surface area contributed by atoms with Gasteiger partial charge in [-0.3, -0.25) is 4.79 Å². The third-order valence-corrected chi connectivity index (χ3v) is 6.12. The number of hydrogen-bond acceptors (Lipinski definition) is 6. The molecule has 1 aliphatic rings. The Labute approximate surface area is 172 Å². The van der Waals surface area contributed by atoms with E-state index in [9.17, 15) is 4.79 Å². The molecule has 0 spiro atoms. The summed E-state index contributed by atoms with van der Waals surface area (Å²) in [7, 11) is 0. The number of aromatic nitrogens is 4. The van der Waals surface area contributed by atoms with E-state index in [0.717, 1.165) is 52.9 Å². The topological polar surface area (TPSA) is 86.8 Å². The molecule has 0 bridgehead atoms. The van der Waals surface area contributed by atoms with E-state index in [1.165, 1.54) is 6.33 Å². The number of H-pyrrole nitrogens is 1. The van der Waals surface area contributed by atoms with Crippen molar-refractivity contribution < 1.29 is 4.79 Å². The molecule has 1 saturated heterocycles. The molecule has 1 aromatic carbocycles. The fourth-order valence-electron chi connectivity index (χ4n) is 3.36. The summed E-state index contributed by atoms with van der Waals surface area (Å²) in [5.41, 5.74) is 1.52. The summed E-state index contributed by atoms with van der Waals surface area (Å²) in [5, 5.41) is 3.80. The SMILES string of the molecule is O=C(NCCSc1ccc(Cl)cc1)C1CCN(c2ncnc3nc[nH]c23)CC1. The zero-order valence-corrected chi connectivity index (χ0v) is 16.8. The van der Waals surface area contributed by atoms with Crippen LogP contribution < -0.4 is 10.2 Å². The van der Waals surface area contributed by atoms with Crippen molar-refractivity contribution in [3.05, 3.63) is 41.9 Å². The maximum atomic E-state index is 12.5. The quantitative estimate of drug-likeness (QED) is 0.474. The van der Waals surface area contributed by atoms with E-state index in [1.54, 1.807) is 18.1 Å². The lowest BCUT2D eigenvalue weighted by molar-refractivity contribution is -0.125. The summed E-state index contributed by atoms with van der Waals surface area (Å²) >= 11 is 7.60. The molecule has 1 amide bonds. The molecule has 3 heterocycles. The lowest BCUT2D eigenvalue weighted by Gasteiger charge is -2.32. The number of benzene rings is 1. The van der Waals surface area contributed by atoms with E-state index in [2.05, 4.69) is 30.2 Å². The van der Waals surface area contributed by atoms with Crippen molar-refractivity contribution in [2.24, 2.45) is 5.92 Å². The van der Waals surface area contributed by atoms with Gasteiger partial charge in [0.1, 0.15) is 11.8 Å². The van der Waals surface area contributed by atoms with E-state index < -0.39 is 0 Å². The Kier molecular flexibility index (Phi) is 5.97. The number of carbonyl (C=O) groups excluding carboxylic acids is 1. The van der Waals surface area contributed by atoms with Crippen LogP contribution in [0.4, 0.5) is 5.82 Å². The molecule has 1 fully saturated rings. The maximum absolute atomic E-state index is 12.5. The summed E-state index contributed by atoms with van der Waals surface area (Å²) in [6.45, 7) is 2.25. The van der Waals surface area contributed by atoms with Gasteiger partial charge >= 0.3 is 0 Å². The van der Waals surface area contributed by atoms with E-state index in [-0.39, 0.29) is 11.8 Å². The zero-order valence-electron chi connectivity index (χ0n) is 15.3. The highest BCUT2D eigenvalue weighted by Gasteiger charge is 2.26. The number of imidazole rings is 1. The van der Waals surface area contributed by atoms with Crippen molar-refractivity contribution in [2.75, 3.05) is 30.3 Å². The Morgan fingerprint density at radius 2 is 2.00 bits per heavy atom. The van der Waals surface area contributed by atoms with Crippen molar-refractivity contribution in [3.63, 3.8) is 0 Å². The molecule has 28 heavy (non-hydrogen) atoms. The van der Waals surface area contributed by atoms with E-state index in [0.29, 0.717) is 12.2 Å². The second-order valence-corrected chi connectivity index (χ2v) is 8.26. The highest BCUT2D eigenvalue weighted by Crippen LogP contribution is 2.26. The number of piperidine rings is 1. The fraction of sp³-hybridized carbons (Fsp3) is 0.368. The van der Waals surface area contributed by atoms with Gasteiger partial charge in [-0.25, -0.2) is 15.0 Å². The predicted octanol–water partition coefficient (Wildman–Crippen LogP) is 3.13. The van der Waals surface area contributed by atoms with Crippen molar-refractivity contribution in [3.8, 4) is 0 Å². The van der Waals surface area contributed by atoms with Crippen molar-refractivity contribution >= 4 is 46.3 Å². The Hall–Kier alpha value is -2.32. The lowest BCUT2D eigenvalue weighted by Crippen LogP contribution is -2.41. The van der Waals surface area contributed by atoms with Gasteiger partial charge in [0.15, 0.2) is 11.5 Å². The molecule has 0 aliphatic carbocycles. The first-order valence-electron chi connectivity index (χ1n) is 9.26. The summed E-state index contributed by atoms with van der Waals surface area (Å²) in [6, 6.07) is 7.75. The van der Waals surface area contributed by atoms with E-state index in [4.69, 9.17) is 11.6 Å². The van der Waals surface area contributed by atoms with Crippen molar-refractivity contribution in [1.82, 2.24) is 25.3 Å². The van der Waals surface area contributed by atoms with Crippen LogP contribution in [-0.4, -0.2) is 51.2 Å². The molecule has 4 rings (SSSR count). The van der Waals surface area contributed by atoms with Crippen LogP contribution in [0.15, 0.2) is 41.8 Å². The molecule has 0 unspecified atom stereocenters. The van der Waals surface area contributed by atoms with Crippen LogP contribution in [0, 0.1) is 5.92 Å². The highest BCUT2D eigenvalue weighted by molar-refractivity contribution is 7.99. The molecule has 0 atom stereocenters. The molecule has 146 valence electrons. The van der Waals surface area contributed by atoms with Gasteiger partial charge in [-0.15, -0.1) is 11.8 Å². The third-order valence-electron chi connectivity index (χ3n) is 4.85. The summed E-state index contributed by atoms with van der Waals surface area (Å²) in [6.07, 6.45) is 4.80. The van der Waals surface area contributed by atoms with Crippen LogP contribution in [-0.2, 0) is 4.79 Å². The van der Waals surface area contributed by atoms with Gasteiger partial charge in [0.25, 0.3) is 0 Å². The average molecular weight is 417 g/mol. The molecule has 3 aromatic rings. The molecule has 0 radical (unpaired) electrons. The number of fused-ring (bicyclic) bond motifs is 1. The first-order chi connectivity index (χ1) is 13.7. The van der Waals surface area contributed by atoms with Gasteiger partial charge in [-0.1, -0.05) is 11.6 Å². The summed E-state index contributed by atoms with van der Waals surface area (Å²) < 4.78 is 0. The molecule has 9 heteroatoms. The van der Waals surface area contributed by atoms with Crippen LogP contribution in [0.1, 0.15) is 12.8 Å². The second kappa shape index (κ2) is 8.79. The predicted molar refractivity (Wildman–Crippen MR) is 112 cm³/mol. The van der Waals surface area contributed by atoms with E-state index in [1.807, 2.05) is 24.3 Å². The molecule has 1 aliphatic heterocycles. The number of nitrogens with one attached hydrogen (secondary N) is 2. The second-order valence-electron chi connectivity index (χ2n) is 6.65. The summed E-state index contributed by atoms with van der Waals surface area (Å²) in [4.78, 5) is 31.7. The fourth-order valence-corrected chi connectivity index (χ4v) is 4.26. The lowest BCUT2D eigenvalue weighted by atomic mass is 9.96. The summed E-state index contributed by atoms with van der Waals surface area (Å²) in [5.74, 6) is 1.90. The molecule has 2 aromatic heterocycles. The van der Waals surface area contributed by atoms with Gasteiger partial charge in [0.2, 0.25) is 5.91 Å². The number of halogens is 1. The minimum atomic E-state index is 0.0517. The minimum Gasteiger partial charge on any atom is -0.355 e. The minimum absolute atomic E-state index is 0.0517. The highest BCUT2D eigenvalue weighted by atomic mass is 35.5. The third kappa shape index (κ3) is 4.39. The number of anilines is 1. The van der Waals surface area contributed by atoms with Gasteiger partial charge in [-0.05, 0) is 37.1 Å². The number of aromatic amines is 1. The van der Waals surface area contributed by atoms with Crippen LogP contribution >= 0.6 is 23.4 Å². The largest absolute Gasteiger partial charge is 0.355 e. The van der Waals surface area contributed by atoms with Gasteiger partial charge in [-0.2, -0.15) is 0 Å². The van der Waals surface area contributed by atoms with Crippen LogP contribution in [0.25, 0.3) is 11.2 Å². The van der Waals surface area contributed by atoms with E-state index >= 15 is 0 Å². The maximum Gasteiger partial charge on any atom is 0.223 e. The Balaban J connectivity index is 1.23. The molecular weight excluding hydrogens is 396 g/mol.